The van der Waals surface area contributed by atoms with Crippen molar-refractivity contribution in [3.8, 4) is 0 Å². The Balaban J connectivity index is 3.69. The van der Waals surface area contributed by atoms with Gasteiger partial charge >= 0.3 is 11.9 Å². The number of ether oxygens (including phenoxy) is 1. The van der Waals surface area contributed by atoms with Gasteiger partial charge < -0.3 is 9.84 Å². The number of rotatable bonds is 5. The molecular formula is C7H10F2O3. The number of alkyl halides is 2. The molecule has 0 aliphatic heterocycles. The summed E-state index contributed by atoms with van der Waals surface area (Å²) in [6, 6.07) is 0. The Hall–Kier alpha value is -0.970. The molecule has 0 saturated heterocycles. The molecule has 0 rings (SSSR count). The van der Waals surface area contributed by atoms with Crippen molar-refractivity contribution in [1.29, 1.82) is 0 Å². The van der Waals surface area contributed by atoms with Crippen LogP contribution < -0.4 is 0 Å². The van der Waals surface area contributed by atoms with E-state index in [-0.39, 0.29) is 6.61 Å². The summed E-state index contributed by atoms with van der Waals surface area (Å²) >= 11 is 0. The molecule has 3 nitrogen and oxygen atoms in total. The molecule has 0 aliphatic carbocycles. The summed E-state index contributed by atoms with van der Waals surface area (Å²) in [4.78, 5) is 9.84. The van der Waals surface area contributed by atoms with Crippen LogP contribution in [0.3, 0.4) is 0 Å². The van der Waals surface area contributed by atoms with E-state index >= 15 is 0 Å². The molecule has 0 unspecified atom stereocenters. The molecule has 0 spiro atoms. The van der Waals surface area contributed by atoms with E-state index in [1.54, 1.807) is 13.0 Å². The standard InChI is InChI=1S/C7H10F2O3/c1-2-3-4-12-5-7(8,9)6(10)11/h2-3H,4-5H2,1H3,(H,10,11)/b3-2+. The van der Waals surface area contributed by atoms with E-state index < -0.39 is 18.5 Å². The van der Waals surface area contributed by atoms with Gasteiger partial charge in [0.1, 0.15) is 6.61 Å². The van der Waals surface area contributed by atoms with E-state index in [1.165, 1.54) is 6.08 Å². The van der Waals surface area contributed by atoms with Gasteiger partial charge in [0.25, 0.3) is 0 Å². The lowest BCUT2D eigenvalue weighted by Gasteiger charge is -2.09. The number of aliphatic carboxylic acids is 1. The summed E-state index contributed by atoms with van der Waals surface area (Å²) in [7, 11) is 0. The van der Waals surface area contributed by atoms with Crippen LogP contribution in [-0.2, 0) is 9.53 Å². The SMILES string of the molecule is C/C=C/COCC(F)(F)C(=O)O. The molecule has 0 amide bonds. The van der Waals surface area contributed by atoms with Crippen molar-refractivity contribution in [3.05, 3.63) is 12.2 Å². The normalized spacial score (nSPS) is 12.2. The highest BCUT2D eigenvalue weighted by Gasteiger charge is 2.38. The van der Waals surface area contributed by atoms with Crippen LogP contribution in [0.1, 0.15) is 6.92 Å². The maximum atomic E-state index is 12.2. The van der Waals surface area contributed by atoms with E-state index in [1.807, 2.05) is 0 Å². The minimum Gasteiger partial charge on any atom is -0.477 e. The number of carboxylic acid groups (broad SMARTS) is 1. The summed E-state index contributed by atoms with van der Waals surface area (Å²) < 4.78 is 28.8. The zero-order valence-corrected chi connectivity index (χ0v) is 6.59. The summed E-state index contributed by atoms with van der Waals surface area (Å²) in [6.45, 7) is 0.616. The highest BCUT2D eigenvalue weighted by molar-refractivity contribution is 5.75. The third kappa shape index (κ3) is 4.02. The van der Waals surface area contributed by atoms with Crippen molar-refractivity contribution < 1.29 is 23.4 Å². The van der Waals surface area contributed by atoms with E-state index in [0.29, 0.717) is 0 Å². The smallest absolute Gasteiger partial charge is 0.377 e. The lowest BCUT2D eigenvalue weighted by atomic mass is 10.4. The number of halogens is 2. The lowest BCUT2D eigenvalue weighted by Crippen LogP contribution is -2.33. The maximum Gasteiger partial charge on any atom is 0.377 e. The monoisotopic (exact) mass is 180 g/mol. The van der Waals surface area contributed by atoms with Crippen molar-refractivity contribution in [2.45, 2.75) is 12.8 Å². The molecule has 0 radical (unpaired) electrons. The van der Waals surface area contributed by atoms with Gasteiger partial charge in [-0.1, -0.05) is 12.2 Å². The van der Waals surface area contributed by atoms with Crippen LogP contribution in [-0.4, -0.2) is 30.2 Å². The van der Waals surface area contributed by atoms with E-state index in [0.717, 1.165) is 0 Å². The molecular weight excluding hydrogens is 170 g/mol. The Morgan fingerprint density at radius 2 is 2.25 bits per heavy atom. The van der Waals surface area contributed by atoms with Gasteiger partial charge in [-0.05, 0) is 6.92 Å². The Morgan fingerprint density at radius 3 is 2.67 bits per heavy atom. The van der Waals surface area contributed by atoms with Crippen LogP contribution in [0.4, 0.5) is 8.78 Å². The predicted molar refractivity (Wildman–Crippen MR) is 38.2 cm³/mol. The molecule has 0 aromatic rings. The summed E-state index contributed by atoms with van der Waals surface area (Å²) in [5.41, 5.74) is 0. The first-order valence-corrected chi connectivity index (χ1v) is 3.31. The number of hydrogen-bond donors (Lipinski definition) is 1. The van der Waals surface area contributed by atoms with Gasteiger partial charge in [-0.25, -0.2) is 4.79 Å². The van der Waals surface area contributed by atoms with Crippen molar-refractivity contribution in [3.63, 3.8) is 0 Å². The first-order chi connectivity index (χ1) is 5.50. The van der Waals surface area contributed by atoms with Gasteiger partial charge in [0, 0.05) is 0 Å². The van der Waals surface area contributed by atoms with E-state index in [9.17, 15) is 13.6 Å². The first kappa shape index (κ1) is 11.0. The summed E-state index contributed by atoms with van der Waals surface area (Å²) in [5.74, 6) is -5.95. The van der Waals surface area contributed by atoms with Gasteiger partial charge in [0.2, 0.25) is 0 Å². The van der Waals surface area contributed by atoms with E-state index in [4.69, 9.17) is 5.11 Å². The quantitative estimate of drug-likeness (QED) is 0.512. The van der Waals surface area contributed by atoms with Crippen LogP contribution in [0.5, 0.6) is 0 Å². The van der Waals surface area contributed by atoms with Crippen LogP contribution in [0.25, 0.3) is 0 Å². The van der Waals surface area contributed by atoms with Gasteiger partial charge in [0.05, 0.1) is 6.61 Å². The molecule has 0 heterocycles. The molecule has 70 valence electrons. The highest BCUT2D eigenvalue weighted by Crippen LogP contribution is 2.13. The fourth-order valence-electron chi connectivity index (χ4n) is 0.413. The van der Waals surface area contributed by atoms with Gasteiger partial charge in [0.15, 0.2) is 0 Å². The zero-order valence-electron chi connectivity index (χ0n) is 6.59. The summed E-state index contributed by atoms with van der Waals surface area (Å²) in [5, 5.41) is 7.95. The minimum atomic E-state index is -3.79. The maximum absolute atomic E-state index is 12.2. The summed E-state index contributed by atoms with van der Waals surface area (Å²) in [6.07, 6.45) is 3.14. The predicted octanol–water partition coefficient (Wildman–Crippen LogP) is 1.30. The Bertz CT molecular complexity index is 177. The first-order valence-electron chi connectivity index (χ1n) is 3.31. The third-order valence-electron chi connectivity index (χ3n) is 1.05. The largest absolute Gasteiger partial charge is 0.477 e. The van der Waals surface area contributed by atoms with E-state index in [2.05, 4.69) is 4.74 Å². The molecule has 0 atom stereocenters. The molecule has 0 fully saturated rings. The molecule has 0 aromatic carbocycles. The van der Waals surface area contributed by atoms with Crippen LogP contribution >= 0.6 is 0 Å². The Labute approximate surface area is 68.6 Å². The molecule has 0 aliphatic rings. The number of hydrogen-bond acceptors (Lipinski definition) is 2. The number of carboxylic acids is 1. The highest BCUT2D eigenvalue weighted by atomic mass is 19.3. The molecule has 0 aromatic heterocycles. The van der Waals surface area contributed by atoms with Crippen molar-refractivity contribution in [1.82, 2.24) is 0 Å². The average Bonchev–Trinajstić information content (AvgIpc) is 1.98. The zero-order chi connectivity index (χ0) is 9.61. The molecule has 5 heteroatoms. The van der Waals surface area contributed by atoms with Crippen LogP contribution in [0.15, 0.2) is 12.2 Å². The molecule has 0 saturated carbocycles. The van der Waals surface area contributed by atoms with Crippen molar-refractivity contribution in [2.75, 3.05) is 13.2 Å². The third-order valence-corrected chi connectivity index (χ3v) is 1.05. The molecule has 12 heavy (non-hydrogen) atoms. The average molecular weight is 180 g/mol. The number of allylic oxidation sites excluding steroid dienone is 1. The van der Waals surface area contributed by atoms with Crippen molar-refractivity contribution in [2.24, 2.45) is 0 Å². The Morgan fingerprint density at radius 1 is 1.67 bits per heavy atom. The second kappa shape index (κ2) is 4.82. The second-order valence-corrected chi connectivity index (χ2v) is 2.09. The number of carbonyl (C=O) groups is 1. The minimum absolute atomic E-state index is 0.000625. The van der Waals surface area contributed by atoms with Gasteiger partial charge in [-0.3, -0.25) is 0 Å². The van der Waals surface area contributed by atoms with Crippen LogP contribution in [0.2, 0.25) is 0 Å². The van der Waals surface area contributed by atoms with Crippen molar-refractivity contribution >= 4 is 5.97 Å². The Kier molecular flexibility index (Phi) is 4.43. The lowest BCUT2D eigenvalue weighted by molar-refractivity contribution is -0.172. The molecule has 0 bridgehead atoms. The fourth-order valence-corrected chi connectivity index (χ4v) is 0.413. The fraction of sp³-hybridized carbons (Fsp3) is 0.571. The topological polar surface area (TPSA) is 46.5 Å². The van der Waals surface area contributed by atoms with Gasteiger partial charge in [-0.15, -0.1) is 0 Å². The van der Waals surface area contributed by atoms with Gasteiger partial charge in [-0.2, -0.15) is 8.78 Å². The van der Waals surface area contributed by atoms with Crippen LogP contribution in [0, 0.1) is 0 Å². The molecule has 1 N–H and O–H groups in total. The second-order valence-electron chi connectivity index (χ2n) is 2.09.